The molecule has 5 rings (SSSR count). The van der Waals surface area contributed by atoms with Crippen LogP contribution in [0.5, 0.6) is 0 Å². The highest BCUT2D eigenvalue weighted by atomic mass is 16.1. The number of amides is 1. The first kappa shape index (κ1) is 25.1. The molecule has 1 saturated heterocycles. The first-order chi connectivity index (χ1) is 18.0. The molecule has 7 heteroatoms. The molecule has 0 saturated carbocycles. The fourth-order valence-electron chi connectivity index (χ4n) is 5.65. The molecule has 0 spiro atoms. The summed E-state index contributed by atoms with van der Waals surface area (Å²) in [6.07, 6.45) is 8.23. The van der Waals surface area contributed by atoms with E-state index in [1.807, 2.05) is 36.4 Å². The van der Waals surface area contributed by atoms with E-state index in [-0.39, 0.29) is 11.7 Å². The number of hydrogen-bond donors (Lipinski definition) is 2. The maximum atomic E-state index is 13.1. The minimum atomic E-state index is -0.0509. The van der Waals surface area contributed by atoms with Gasteiger partial charge in [-0.3, -0.25) is 14.5 Å². The van der Waals surface area contributed by atoms with Crippen LogP contribution in [-0.2, 0) is 24.2 Å². The lowest BCUT2D eigenvalue weighted by molar-refractivity contribution is -0.114. The molecule has 1 aliphatic carbocycles. The number of nitrogen functional groups attached to an aromatic ring is 1. The Bertz CT molecular complexity index is 1300. The van der Waals surface area contributed by atoms with Gasteiger partial charge in [-0.2, -0.15) is 0 Å². The number of aromatic nitrogens is 2. The lowest BCUT2D eigenvalue weighted by Gasteiger charge is -2.32. The third kappa shape index (κ3) is 5.88. The maximum absolute atomic E-state index is 13.1. The molecule has 0 radical (unpaired) electrons. The van der Waals surface area contributed by atoms with Crippen molar-refractivity contribution in [3.05, 3.63) is 71.2 Å². The fraction of sp³-hybridized carbons (Fsp3) is 0.400. The summed E-state index contributed by atoms with van der Waals surface area (Å²) in [6, 6.07) is 13.6. The van der Waals surface area contributed by atoms with E-state index < -0.39 is 0 Å². The Labute approximate surface area is 218 Å². The van der Waals surface area contributed by atoms with Gasteiger partial charge in [-0.1, -0.05) is 18.2 Å². The van der Waals surface area contributed by atoms with Crippen molar-refractivity contribution in [3.8, 4) is 11.3 Å². The number of rotatable bonds is 8. The number of piperidine rings is 1. The van der Waals surface area contributed by atoms with E-state index in [2.05, 4.69) is 26.3 Å². The van der Waals surface area contributed by atoms with Crippen LogP contribution in [0.15, 0.2) is 48.8 Å². The first-order valence-electron chi connectivity index (χ1n) is 13.3. The number of benzene rings is 2. The summed E-state index contributed by atoms with van der Waals surface area (Å²) in [5.74, 6) is 0.660. The molecule has 1 aliphatic heterocycles. The first-order valence-corrected chi connectivity index (χ1v) is 13.3. The van der Waals surface area contributed by atoms with E-state index >= 15 is 0 Å². The number of nitrogens with zero attached hydrogens (tertiary/aromatic N) is 3. The summed E-state index contributed by atoms with van der Waals surface area (Å²) in [5.41, 5.74) is 13.7. The Morgan fingerprint density at radius 3 is 2.70 bits per heavy atom. The summed E-state index contributed by atoms with van der Waals surface area (Å²) >= 11 is 0. The van der Waals surface area contributed by atoms with Crippen molar-refractivity contribution in [2.75, 3.05) is 24.1 Å². The van der Waals surface area contributed by atoms with Crippen LogP contribution in [0.25, 0.3) is 11.3 Å². The zero-order valence-corrected chi connectivity index (χ0v) is 21.5. The fourth-order valence-corrected chi connectivity index (χ4v) is 5.65. The monoisotopic (exact) mass is 497 g/mol. The largest absolute Gasteiger partial charge is 0.398 e. The van der Waals surface area contributed by atoms with Crippen molar-refractivity contribution in [1.82, 2.24) is 14.9 Å². The molecule has 1 fully saturated rings. The van der Waals surface area contributed by atoms with Gasteiger partial charge in [0.2, 0.25) is 5.91 Å². The summed E-state index contributed by atoms with van der Waals surface area (Å²) < 4.78 is 0. The molecule has 2 aliphatic rings. The Morgan fingerprint density at radius 1 is 1.08 bits per heavy atom. The number of ketones is 1. The van der Waals surface area contributed by atoms with Gasteiger partial charge in [-0.15, -0.1) is 0 Å². The van der Waals surface area contributed by atoms with Crippen molar-refractivity contribution in [1.29, 1.82) is 0 Å². The van der Waals surface area contributed by atoms with Gasteiger partial charge >= 0.3 is 0 Å². The second-order valence-corrected chi connectivity index (χ2v) is 10.3. The molecule has 3 aromatic rings. The molecule has 0 unspecified atom stereocenters. The summed E-state index contributed by atoms with van der Waals surface area (Å²) in [6.45, 7) is 4.36. The molecular formula is C30H35N5O2. The number of carbonyl (C=O) groups excluding carboxylic acids is 2. The molecule has 1 amide bonds. The number of nitrogens with one attached hydrogen (secondary N) is 1. The van der Waals surface area contributed by atoms with Gasteiger partial charge in [-0.05, 0) is 87.4 Å². The Kier molecular flexibility index (Phi) is 7.60. The average molecular weight is 498 g/mol. The smallest absolute Gasteiger partial charge is 0.221 e. The number of fused-ring (bicyclic) bond motifs is 1. The number of carbonyl (C=O) groups is 2. The van der Waals surface area contributed by atoms with Gasteiger partial charge < -0.3 is 11.1 Å². The van der Waals surface area contributed by atoms with E-state index in [9.17, 15) is 9.59 Å². The van der Waals surface area contributed by atoms with Crippen LogP contribution in [0.3, 0.4) is 0 Å². The zero-order chi connectivity index (χ0) is 25.8. The van der Waals surface area contributed by atoms with E-state index in [1.54, 1.807) is 6.33 Å². The molecule has 3 N–H and O–H groups in total. The van der Waals surface area contributed by atoms with Gasteiger partial charge in [0.1, 0.15) is 6.33 Å². The molecule has 2 heterocycles. The molecule has 7 nitrogen and oxygen atoms in total. The van der Waals surface area contributed by atoms with E-state index in [0.717, 1.165) is 86.4 Å². The predicted octanol–water partition coefficient (Wildman–Crippen LogP) is 5.05. The number of anilines is 2. The van der Waals surface area contributed by atoms with Crippen LogP contribution in [0.2, 0.25) is 0 Å². The molecule has 37 heavy (non-hydrogen) atoms. The van der Waals surface area contributed by atoms with Crippen molar-refractivity contribution in [3.63, 3.8) is 0 Å². The minimum absolute atomic E-state index is 0.0509. The van der Waals surface area contributed by atoms with Gasteiger partial charge in [0.05, 0.1) is 5.69 Å². The normalized spacial score (nSPS) is 15.9. The average Bonchev–Trinajstić information content (AvgIpc) is 3.39. The SMILES string of the molecule is CC(=O)Nc1ccccc1CN1CCC(CCC(=O)c2ccc(N)c(-c3ncnc4c3CCC4)c2)CC1. The van der Waals surface area contributed by atoms with Crippen LogP contribution in [0, 0.1) is 5.92 Å². The highest BCUT2D eigenvalue weighted by Gasteiger charge is 2.23. The van der Waals surface area contributed by atoms with Crippen LogP contribution in [0.1, 0.15) is 66.2 Å². The molecule has 0 bridgehead atoms. The standard InChI is InChI=1S/C30H35N5O2/c1-20(36)34-27-7-3-2-5-23(27)18-35-15-13-21(14-16-35)9-12-29(37)22-10-11-26(31)25(17-22)30-24-6-4-8-28(24)32-19-33-30/h2-3,5,7,10-11,17,19,21H,4,6,8-9,12-16,18,31H2,1H3,(H,34,36). The molecule has 192 valence electrons. The number of hydrogen-bond acceptors (Lipinski definition) is 6. The van der Waals surface area contributed by atoms with E-state index in [1.165, 1.54) is 12.5 Å². The van der Waals surface area contributed by atoms with Crippen LogP contribution >= 0.6 is 0 Å². The van der Waals surface area contributed by atoms with Crippen molar-refractivity contribution >= 4 is 23.1 Å². The number of aryl methyl sites for hydroxylation is 1. The van der Waals surface area contributed by atoms with Crippen LogP contribution < -0.4 is 11.1 Å². The summed E-state index contributed by atoms with van der Waals surface area (Å²) in [4.78, 5) is 36.0. The van der Waals surface area contributed by atoms with Crippen molar-refractivity contribution in [2.45, 2.75) is 58.4 Å². The molecule has 1 aromatic heterocycles. The van der Waals surface area contributed by atoms with Crippen LogP contribution in [0.4, 0.5) is 11.4 Å². The highest BCUT2D eigenvalue weighted by Crippen LogP contribution is 2.33. The third-order valence-electron chi connectivity index (χ3n) is 7.71. The second-order valence-electron chi connectivity index (χ2n) is 10.3. The van der Waals surface area contributed by atoms with Crippen molar-refractivity contribution < 1.29 is 9.59 Å². The number of para-hydroxylation sites is 1. The second kappa shape index (κ2) is 11.2. The number of nitrogens with two attached hydrogens (primary N) is 1. The molecule has 2 aromatic carbocycles. The van der Waals surface area contributed by atoms with E-state index in [4.69, 9.17) is 5.73 Å². The third-order valence-corrected chi connectivity index (χ3v) is 7.71. The van der Waals surface area contributed by atoms with Gasteiger partial charge in [0.15, 0.2) is 5.78 Å². The predicted molar refractivity (Wildman–Crippen MR) is 146 cm³/mol. The highest BCUT2D eigenvalue weighted by molar-refractivity contribution is 5.98. The van der Waals surface area contributed by atoms with E-state index in [0.29, 0.717) is 23.6 Å². The molecular weight excluding hydrogens is 462 g/mol. The minimum Gasteiger partial charge on any atom is -0.398 e. The lowest BCUT2D eigenvalue weighted by atomic mass is 9.89. The zero-order valence-electron chi connectivity index (χ0n) is 21.5. The number of Topliss-reactive ketones (excluding diaryl/α,β-unsaturated/α-hetero) is 1. The maximum Gasteiger partial charge on any atom is 0.221 e. The molecule has 0 atom stereocenters. The quantitative estimate of drug-likeness (QED) is 0.334. The Morgan fingerprint density at radius 2 is 1.89 bits per heavy atom. The Balaban J connectivity index is 1.16. The summed E-state index contributed by atoms with van der Waals surface area (Å²) in [5, 5.41) is 2.93. The lowest BCUT2D eigenvalue weighted by Crippen LogP contribution is -2.33. The summed E-state index contributed by atoms with van der Waals surface area (Å²) in [7, 11) is 0. The number of likely N-dealkylation sites (tertiary alicyclic amines) is 1. The van der Waals surface area contributed by atoms with Crippen LogP contribution in [-0.4, -0.2) is 39.6 Å². The van der Waals surface area contributed by atoms with Crippen molar-refractivity contribution in [2.24, 2.45) is 5.92 Å². The Hall–Kier alpha value is -3.58. The van der Waals surface area contributed by atoms with Gasteiger partial charge in [0.25, 0.3) is 0 Å². The topological polar surface area (TPSA) is 101 Å². The van der Waals surface area contributed by atoms with Gasteiger partial charge in [0, 0.05) is 53.6 Å². The van der Waals surface area contributed by atoms with Gasteiger partial charge in [-0.25, -0.2) is 9.97 Å².